The lowest BCUT2D eigenvalue weighted by Crippen LogP contribution is -2.29. The number of carboxylic acid groups (broad SMARTS) is 1. The van der Waals surface area contributed by atoms with Gasteiger partial charge in [-0.1, -0.05) is 0 Å². The molecule has 0 aromatic heterocycles. The minimum Gasteiger partial charge on any atom is -0.478 e. The van der Waals surface area contributed by atoms with Crippen molar-refractivity contribution in [2.24, 2.45) is 0 Å². The number of aromatic carboxylic acids is 1. The number of rotatable bonds is 6. The van der Waals surface area contributed by atoms with Crippen molar-refractivity contribution < 1.29 is 23.4 Å². The summed E-state index contributed by atoms with van der Waals surface area (Å²) in [5.41, 5.74) is 0.0329. The summed E-state index contributed by atoms with van der Waals surface area (Å²) >= 11 is 0. The second-order valence-corrected chi connectivity index (χ2v) is 6.34. The van der Waals surface area contributed by atoms with Crippen molar-refractivity contribution in [3.63, 3.8) is 0 Å². The molecular formula is C12H17NO5S. The van der Waals surface area contributed by atoms with Crippen LogP contribution < -0.4 is 0 Å². The molecule has 0 spiro atoms. The quantitative estimate of drug-likeness (QED) is 0.806. The lowest BCUT2D eigenvalue weighted by molar-refractivity contribution is 0.0696. The number of nitrogens with zero attached hydrogens (tertiary/aromatic N) is 1. The Balaban J connectivity index is 2.90. The molecule has 0 amide bonds. The molecule has 6 nitrogen and oxygen atoms in total. The van der Waals surface area contributed by atoms with E-state index in [9.17, 15) is 13.2 Å². The van der Waals surface area contributed by atoms with Crippen molar-refractivity contribution in [2.75, 3.05) is 13.6 Å². The minimum absolute atomic E-state index is 0.0329. The highest BCUT2D eigenvalue weighted by Gasteiger charge is 2.21. The van der Waals surface area contributed by atoms with E-state index in [-0.39, 0.29) is 17.0 Å². The van der Waals surface area contributed by atoms with Crippen LogP contribution in [0, 0.1) is 0 Å². The maximum atomic E-state index is 12.1. The van der Waals surface area contributed by atoms with Gasteiger partial charge in [-0.05, 0) is 37.6 Å². The van der Waals surface area contributed by atoms with Gasteiger partial charge in [0.25, 0.3) is 0 Å². The van der Waals surface area contributed by atoms with Crippen LogP contribution in [-0.2, 0) is 10.0 Å². The molecule has 0 aliphatic heterocycles. The molecule has 0 aliphatic carbocycles. The second kappa shape index (κ2) is 6.14. The third-order valence-corrected chi connectivity index (χ3v) is 4.54. The molecule has 2 N–H and O–H groups in total. The fourth-order valence-electron chi connectivity index (χ4n) is 1.44. The maximum absolute atomic E-state index is 12.1. The molecule has 0 aliphatic rings. The number of carboxylic acids is 1. The topological polar surface area (TPSA) is 94.9 Å². The summed E-state index contributed by atoms with van der Waals surface area (Å²) in [6.45, 7) is 1.78. The molecule has 0 saturated heterocycles. The highest BCUT2D eigenvalue weighted by Crippen LogP contribution is 2.15. The lowest BCUT2D eigenvalue weighted by atomic mass is 10.2. The Labute approximate surface area is 112 Å². The molecule has 0 heterocycles. The van der Waals surface area contributed by atoms with Gasteiger partial charge in [-0.3, -0.25) is 0 Å². The Kier molecular flexibility index (Phi) is 5.04. The molecule has 0 fully saturated rings. The summed E-state index contributed by atoms with van der Waals surface area (Å²) in [6, 6.07) is 5.02. The second-order valence-electron chi connectivity index (χ2n) is 4.29. The first-order chi connectivity index (χ1) is 8.75. The van der Waals surface area contributed by atoms with Crippen LogP contribution in [0.5, 0.6) is 0 Å². The van der Waals surface area contributed by atoms with Crippen LogP contribution >= 0.6 is 0 Å². The Bertz CT molecular complexity index is 536. The fraction of sp³-hybridized carbons (Fsp3) is 0.417. The molecule has 19 heavy (non-hydrogen) atoms. The predicted molar refractivity (Wildman–Crippen MR) is 69.5 cm³/mol. The van der Waals surface area contributed by atoms with Crippen LogP contribution in [-0.4, -0.2) is 48.6 Å². The number of hydrogen-bond acceptors (Lipinski definition) is 4. The number of carbonyl (C=O) groups is 1. The molecule has 0 bridgehead atoms. The molecule has 0 radical (unpaired) electrons. The molecular weight excluding hydrogens is 270 g/mol. The average Bonchev–Trinajstić information content (AvgIpc) is 2.35. The monoisotopic (exact) mass is 287 g/mol. The van der Waals surface area contributed by atoms with Crippen molar-refractivity contribution in [3.8, 4) is 0 Å². The van der Waals surface area contributed by atoms with Crippen LogP contribution in [0.3, 0.4) is 0 Å². The minimum atomic E-state index is -3.65. The molecule has 7 heteroatoms. The van der Waals surface area contributed by atoms with E-state index in [1.54, 1.807) is 6.92 Å². The lowest BCUT2D eigenvalue weighted by Gasteiger charge is -2.18. The smallest absolute Gasteiger partial charge is 0.335 e. The molecule has 1 aromatic rings. The van der Waals surface area contributed by atoms with E-state index in [0.717, 1.165) is 4.31 Å². The van der Waals surface area contributed by atoms with Gasteiger partial charge >= 0.3 is 5.97 Å². The normalized spacial score (nSPS) is 13.5. The Hall–Kier alpha value is -1.44. The summed E-state index contributed by atoms with van der Waals surface area (Å²) in [6.07, 6.45) is -0.241. The largest absolute Gasteiger partial charge is 0.478 e. The van der Waals surface area contributed by atoms with Gasteiger partial charge in [-0.2, -0.15) is 0 Å². The molecule has 1 rings (SSSR count). The van der Waals surface area contributed by atoms with Crippen LogP contribution in [0.25, 0.3) is 0 Å². The third kappa shape index (κ3) is 4.02. The Morgan fingerprint density at radius 1 is 1.32 bits per heavy atom. The number of benzene rings is 1. The summed E-state index contributed by atoms with van der Waals surface area (Å²) in [5.74, 6) is -1.11. The highest BCUT2D eigenvalue weighted by molar-refractivity contribution is 7.89. The van der Waals surface area contributed by atoms with Crippen molar-refractivity contribution in [3.05, 3.63) is 29.8 Å². The van der Waals surface area contributed by atoms with Crippen LogP contribution in [0.2, 0.25) is 0 Å². The Morgan fingerprint density at radius 2 is 1.84 bits per heavy atom. The van der Waals surface area contributed by atoms with Crippen molar-refractivity contribution in [1.82, 2.24) is 4.31 Å². The maximum Gasteiger partial charge on any atom is 0.335 e. The van der Waals surface area contributed by atoms with Crippen LogP contribution in [0.4, 0.5) is 0 Å². The first-order valence-electron chi connectivity index (χ1n) is 5.73. The van der Waals surface area contributed by atoms with E-state index in [4.69, 9.17) is 10.2 Å². The summed E-state index contributed by atoms with van der Waals surface area (Å²) in [4.78, 5) is 10.7. The van der Waals surface area contributed by atoms with E-state index < -0.39 is 22.1 Å². The van der Waals surface area contributed by atoms with Crippen LogP contribution in [0.1, 0.15) is 23.7 Å². The highest BCUT2D eigenvalue weighted by atomic mass is 32.2. The van der Waals surface area contributed by atoms with Crippen molar-refractivity contribution in [2.45, 2.75) is 24.3 Å². The van der Waals surface area contributed by atoms with Crippen molar-refractivity contribution >= 4 is 16.0 Å². The number of sulfonamides is 1. The molecule has 106 valence electrons. The van der Waals surface area contributed by atoms with Gasteiger partial charge in [-0.25, -0.2) is 17.5 Å². The average molecular weight is 287 g/mol. The third-order valence-electron chi connectivity index (χ3n) is 2.67. The van der Waals surface area contributed by atoms with Gasteiger partial charge in [0, 0.05) is 13.6 Å². The van der Waals surface area contributed by atoms with Gasteiger partial charge in [0.2, 0.25) is 10.0 Å². The van der Waals surface area contributed by atoms with Crippen LogP contribution in [0.15, 0.2) is 29.2 Å². The summed E-state index contributed by atoms with van der Waals surface area (Å²) < 4.78 is 25.4. The molecule has 1 aromatic carbocycles. The molecule has 1 atom stereocenters. The number of aliphatic hydroxyl groups is 1. The predicted octanol–water partition coefficient (Wildman–Crippen LogP) is 0.776. The van der Waals surface area contributed by atoms with Gasteiger partial charge in [-0.15, -0.1) is 0 Å². The first-order valence-corrected chi connectivity index (χ1v) is 7.17. The molecule has 0 saturated carbocycles. The molecule has 1 unspecified atom stereocenters. The van der Waals surface area contributed by atoms with E-state index >= 15 is 0 Å². The zero-order valence-corrected chi connectivity index (χ0v) is 11.6. The van der Waals surface area contributed by atoms with E-state index in [1.807, 2.05) is 0 Å². The summed E-state index contributed by atoms with van der Waals surface area (Å²) in [5, 5.41) is 17.9. The SMILES string of the molecule is CC(O)CCN(C)S(=O)(=O)c1ccc(C(=O)O)cc1. The zero-order chi connectivity index (χ0) is 14.6. The standard InChI is InChI=1S/C12H17NO5S/c1-9(14)7-8-13(2)19(17,18)11-5-3-10(4-6-11)12(15)16/h3-6,9,14H,7-8H2,1-2H3,(H,15,16). The van der Waals surface area contributed by atoms with E-state index in [2.05, 4.69) is 0 Å². The fourth-order valence-corrected chi connectivity index (χ4v) is 2.62. The number of hydrogen-bond donors (Lipinski definition) is 2. The number of aliphatic hydroxyl groups excluding tert-OH is 1. The van der Waals surface area contributed by atoms with Gasteiger partial charge < -0.3 is 10.2 Å². The van der Waals surface area contributed by atoms with Crippen molar-refractivity contribution in [1.29, 1.82) is 0 Å². The zero-order valence-electron chi connectivity index (χ0n) is 10.8. The Morgan fingerprint density at radius 3 is 2.26 bits per heavy atom. The van der Waals surface area contributed by atoms with Gasteiger partial charge in [0.15, 0.2) is 0 Å². The van der Waals surface area contributed by atoms with E-state index in [0.29, 0.717) is 6.42 Å². The van der Waals surface area contributed by atoms with Gasteiger partial charge in [0.1, 0.15) is 0 Å². The first kappa shape index (κ1) is 15.6. The summed E-state index contributed by atoms with van der Waals surface area (Å²) in [7, 11) is -2.23. The van der Waals surface area contributed by atoms with E-state index in [1.165, 1.54) is 31.3 Å². The van der Waals surface area contributed by atoms with Gasteiger partial charge in [0.05, 0.1) is 16.6 Å².